The minimum Gasteiger partial charge on any atom is -0.478 e. The van der Waals surface area contributed by atoms with Crippen LogP contribution in [0.1, 0.15) is 20.7 Å². The Morgan fingerprint density at radius 3 is 2.55 bits per heavy atom. The fourth-order valence-electron chi connectivity index (χ4n) is 2.05. The lowest BCUT2D eigenvalue weighted by molar-refractivity contribution is 0.0692. The number of aromatic nitrogens is 2. The number of carbonyl (C=O) groups is 2. The van der Waals surface area contributed by atoms with Crippen LogP contribution in [0.2, 0.25) is 0 Å². The Kier molecular flexibility index (Phi) is 3.84. The van der Waals surface area contributed by atoms with E-state index >= 15 is 0 Å². The second-order valence-corrected chi connectivity index (χ2v) is 5.39. The van der Waals surface area contributed by atoms with Crippen molar-refractivity contribution in [1.82, 2.24) is 9.97 Å². The second kappa shape index (κ2) is 5.95. The van der Waals surface area contributed by atoms with Gasteiger partial charge in [0.15, 0.2) is 0 Å². The van der Waals surface area contributed by atoms with Crippen molar-refractivity contribution in [2.75, 3.05) is 0 Å². The number of carboxylic acids is 1. The molecule has 0 aliphatic rings. The fraction of sp³-hybridized carbons (Fsp3) is 0. The highest BCUT2D eigenvalue weighted by Gasteiger charge is 2.17. The van der Waals surface area contributed by atoms with Crippen molar-refractivity contribution in [2.45, 2.75) is 5.03 Å². The maximum absolute atomic E-state index is 12.5. The molecule has 0 aliphatic heterocycles. The van der Waals surface area contributed by atoms with E-state index < -0.39 is 5.97 Å². The van der Waals surface area contributed by atoms with E-state index in [1.165, 1.54) is 18.3 Å². The zero-order valence-corrected chi connectivity index (χ0v) is 12.1. The van der Waals surface area contributed by atoms with Crippen LogP contribution in [0.25, 0.3) is 10.9 Å². The van der Waals surface area contributed by atoms with E-state index in [9.17, 15) is 9.59 Å². The highest BCUT2D eigenvalue weighted by molar-refractivity contribution is 8.14. The molecule has 0 saturated heterocycles. The van der Waals surface area contributed by atoms with Gasteiger partial charge in [-0.2, -0.15) is 0 Å². The summed E-state index contributed by atoms with van der Waals surface area (Å²) >= 11 is 0.808. The van der Waals surface area contributed by atoms with Crippen LogP contribution in [0.4, 0.5) is 0 Å². The lowest BCUT2D eigenvalue weighted by atomic mass is 10.1. The molecular weight excluding hydrogens is 300 g/mol. The van der Waals surface area contributed by atoms with Crippen molar-refractivity contribution < 1.29 is 14.7 Å². The first-order chi connectivity index (χ1) is 10.7. The van der Waals surface area contributed by atoms with Crippen LogP contribution >= 0.6 is 11.8 Å². The van der Waals surface area contributed by atoms with E-state index in [4.69, 9.17) is 5.11 Å². The number of nitrogens with zero attached hydrogens (tertiary/aromatic N) is 2. The van der Waals surface area contributed by atoms with Crippen molar-refractivity contribution >= 4 is 33.7 Å². The number of rotatable bonds is 3. The van der Waals surface area contributed by atoms with Crippen LogP contribution < -0.4 is 0 Å². The zero-order valence-electron chi connectivity index (χ0n) is 11.3. The van der Waals surface area contributed by atoms with Gasteiger partial charge < -0.3 is 5.11 Å². The second-order valence-electron chi connectivity index (χ2n) is 4.43. The van der Waals surface area contributed by atoms with Crippen LogP contribution in [0, 0.1) is 0 Å². The van der Waals surface area contributed by atoms with Gasteiger partial charge in [0.2, 0.25) is 5.12 Å². The van der Waals surface area contributed by atoms with E-state index in [0.29, 0.717) is 11.1 Å². The first-order valence-corrected chi connectivity index (χ1v) is 7.22. The Bertz CT molecular complexity index is 875. The number of thioether (sulfide) groups is 1. The van der Waals surface area contributed by atoms with E-state index in [1.54, 1.807) is 12.3 Å². The number of pyridine rings is 2. The first kappa shape index (κ1) is 14.2. The molecule has 0 amide bonds. The minimum atomic E-state index is -1.11. The van der Waals surface area contributed by atoms with Crippen LogP contribution in [-0.2, 0) is 0 Å². The molecule has 0 radical (unpaired) electrons. The van der Waals surface area contributed by atoms with Gasteiger partial charge in [-0.15, -0.1) is 0 Å². The molecular formula is C16H10N2O3S. The molecule has 6 heteroatoms. The largest absolute Gasteiger partial charge is 0.478 e. The van der Waals surface area contributed by atoms with Crippen LogP contribution in [-0.4, -0.2) is 26.2 Å². The quantitative estimate of drug-likeness (QED) is 0.748. The maximum Gasteiger partial charge on any atom is 0.338 e. The molecule has 0 bridgehead atoms. The molecule has 2 heterocycles. The summed E-state index contributed by atoms with van der Waals surface area (Å²) in [6, 6.07) is 11.9. The van der Waals surface area contributed by atoms with Gasteiger partial charge in [0.05, 0.1) is 11.1 Å². The van der Waals surface area contributed by atoms with E-state index in [0.717, 1.165) is 17.1 Å². The third kappa shape index (κ3) is 2.68. The normalized spacial score (nSPS) is 10.5. The van der Waals surface area contributed by atoms with Gasteiger partial charge in [0.1, 0.15) is 5.03 Å². The Balaban J connectivity index is 2.00. The molecule has 0 atom stereocenters. The van der Waals surface area contributed by atoms with E-state index in [-0.39, 0.29) is 15.7 Å². The summed E-state index contributed by atoms with van der Waals surface area (Å²) in [5.41, 5.74) is 1.21. The smallest absolute Gasteiger partial charge is 0.338 e. The average molecular weight is 310 g/mol. The number of hydrogen-bond donors (Lipinski definition) is 1. The molecule has 0 aliphatic carbocycles. The molecule has 0 fully saturated rings. The molecule has 5 nitrogen and oxygen atoms in total. The number of carboxylic acid groups (broad SMARTS) is 1. The molecule has 108 valence electrons. The minimum absolute atomic E-state index is 0.0132. The van der Waals surface area contributed by atoms with Gasteiger partial charge in [-0.05, 0) is 36.0 Å². The number of benzene rings is 1. The molecule has 22 heavy (non-hydrogen) atoms. The summed E-state index contributed by atoms with van der Waals surface area (Å²) in [5.74, 6) is -1.11. The summed E-state index contributed by atoms with van der Waals surface area (Å²) in [7, 11) is 0. The summed E-state index contributed by atoms with van der Waals surface area (Å²) < 4.78 is 0. The summed E-state index contributed by atoms with van der Waals surface area (Å²) in [6.45, 7) is 0. The van der Waals surface area contributed by atoms with Crippen molar-refractivity contribution in [2.24, 2.45) is 0 Å². The van der Waals surface area contributed by atoms with Crippen LogP contribution in [0.3, 0.4) is 0 Å². The van der Waals surface area contributed by atoms with Crippen molar-refractivity contribution in [1.29, 1.82) is 0 Å². The van der Waals surface area contributed by atoms with E-state index in [2.05, 4.69) is 9.97 Å². The predicted molar refractivity (Wildman–Crippen MR) is 83.1 cm³/mol. The molecule has 2 aromatic heterocycles. The summed E-state index contributed by atoms with van der Waals surface area (Å²) in [5, 5.41) is 9.80. The van der Waals surface area contributed by atoms with Gasteiger partial charge in [-0.25, -0.2) is 9.78 Å². The third-order valence-electron chi connectivity index (χ3n) is 3.06. The standard InChI is InChI=1S/C16H10N2O3S/c19-15(20)12-5-3-8-18-14(12)22-16(21)11-7-9-17-13-6-2-1-4-10(11)13/h1-9H,(H,19,20). The first-order valence-electron chi connectivity index (χ1n) is 6.41. The van der Waals surface area contributed by atoms with Gasteiger partial charge in [0, 0.05) is 23.3 Å². The summed E-state index contributed by atoms with van der Waals surface area (Å²) in [4.78, 5) is 31.9. The SMILES string of the molecule is O=C(O)c1cccnc1SC(=O)c1ccnc2ccccc12. The molecule has 3 rings (SSSR count). The van der Waals surface area contributed by atoms with Crippen molar-refractivity contribution in [3.05, 3.63) is 66.0 Å². The van der Waals surface area contributed by atoms with Crippen molar-refractivity contribution in [3.8, 4) is 0 Å². The van der Waals surface area contributed by atoms with Crippen LogP contribution in [0.5, 0.6) is 0 Å². The third-order valence-corrected chi connectivity index (χ3v) is 3.98. The zero-order chi connectivity index (χ0) is 15.5. The number of hydrogen-bond acceptors (Lipinski definition) is 5. The Morgan fingerprint density at radius 2 is 1.73 bits per heavy atom. The van der Waals surface area contributed by atoms with Gasteiger partial charge in [0.25, 0.3) is 0 Å². The highest BCUT2D eigenvalue weighted by atomic mass is 32.2. The van der Waals surface area contributed by atoms with E-state index in [1.807, 2.05) is 24.3 Å². The van der Waals surface area contributed by atoms with Gasteiger partial charge in [-0.3, -0.25) is 9.78 Å². The highest BCUT2D eigenvalue weighted by Crippen LogP contribution is 2.27. The van der Waals surface area contributed by atoms with Crippen LogP contribution in [0.15, 0.2) is 59.9 Å². The monoisotopic (exact) mass is 310 g/mol. The lowest BCUT2D eigenvalue weighted by Crippen LogP contribution is -2.03. The number of fused-ring (bicyclic) bond motifs is 1. The predicted octanol–water partition coefficient (Wildman–Crippen LogP) is 3.26. The van der Waals surface area contributed by atoms with Gasteiger partial charge in [-0.1, -0.05) is 18.2 Å². The van der Waals surface area contributed by atoms with Crippen molar-refractivity contribution in [3.63, 3.8) is 0 Å². The Hall–Kier alpha value is -2.73. The summed E-state index contributed by atoms with van der Waals surface area (Å²) in [6.07, 6.45) is 3.03. The topological polar surface area (TPSA) is 80.1 Å². The lowest BCUT2D eigenvalue weighted by Gasteiger charge is -2.06. The fourth-order valence-corrected chi connectivity index (χ4v) is 2.89. The average Bonchev–Trinajstić information content (AvgIpc) is 2.54. The molecule has 0 spiro atoms. The van der Waals surface area contributed by atoms with Gasteiger partial charge >= 0.3 is 5.97 Å². The molecule has 0 saturated carbocycles. The number of carbonyl (C=O) groups excluding carboxylic acids is 1. The molecule has 0 unspecified atom stereocenters. The number of aromatic carboxylic acids is 1. The Labute approximate surface area is 130 Å². The molecule has 1 aromatic carbocycles. The molecule has 1 N–H and O–H groups in total. The Morgan fingerprint density at radius 1 is 0.909 bits per heavy atom. The molecule has 3 aromatic rings. The number of para-hydroxylation sites is 1. The maximum atomic E-state index is 12.5.